The summed E-state index contributed by atoms with van der Waals surface area (Å²) in [6.07, 6.45) is 3.42. The number of aromatic nitrogens is 1. The molecule has 4 aromatic carbocycles. The molecular formula is C35H35NO4SSi. The molecule has 0 aliphatic heterocycles. The third-order valence-electron chi connectivity index (χ3n) is 8.16. The average molecular weight is 594 g/mol. The molecule has 1 aromatic heterocycles. The van der Waals surface area contributed by atoms with Gasteiger partial charge in [0.05, 0.1) is 17.5 Å². The van der Waals surface area contributed by atoms with Crippen molar-refractivity contribution in [2.75, 3.05) is 7.11 Å². The van der Waals surface area contributed by atoms with Gasteiger partial charge in [-0.15, -0.1) is 0 Å². The summed E-state index contributed by atoms with van der Waals surface area (Å²) in [4.78, 5) is 0.218. The molecule has 5 aromatic rings. The van der Waals surface area contributed by atoms with Crippen molar-refractivity contribution < 1.29 is 17.6 Å². The van der Waals surface area contributed by atoms with Gasteiger partial charge in [-0.05, 0) is 64.7 Å². The predicted molar refractivity (Wildman–Crippen MR) is 173 cm³/mol. The van der Waals surface area contributed by atoms with Crippen LogP contribution in [0.1, 0.15) is 38.4 Å². The minimum Gasteiger partial charge on any atom is -0.534 e. The van der Waals surface area contributed by atoms with Gasteiger partial charge in [0.1, 0.15) is 11.5 Å². The van der Waals surface area contributed by atoms with Gasteiger partial charge in [-0.25, -0.2) is 12.4 Å². The Labute approximate surface area is 249 Å². The molecule has 0 amide bonds. The molecule has 0 saturated carbocycles. The van der Waals surface area contributed by atoms with Gasteiger partial charge in [0, 0.05) is 16.6 Å². The van der Waals surface area contributed by atoms with Gasteiger partial charge in [0.15, 0.2) is 0 Å². The highest BCUT2D eigenvalue weighted by Crippen LogP contribution is 2.44. The Morgan fingerprint density at radius 3 is 1.90 bits per heavy atom. The molecule has 6 rings (SSSR count). The lowest BCUT2D eigenvalue weighted by molar-refractivity contribution is 0.414. The first-order valence-electron chi connectivity index (χ1n) is 14.2. The van der Waals surface area contributed by atoms with Crippen LogP contribution in [0.3, 0.4) is 0 Å². The van der Waals surface area contributed by atoms with Crippen molar-refractivity contribution in [3.05, 3.63) is 127 Å². The van der Waals surface area contributed by atoms with Crippen LogP contribution in [0.25, 0.3) is 16.7 Å². The molecule has 1 aliphatic carbocycles. The quantitative estimate of drug-likeness (QED) is 0.196. The summed E-state index contributed by atoms with van der Waals surface area (Å²) >= 11 is 0. The number of benzene rings is 4. The average Bonchev–Trinajstić information content (AvgIpc) is 3.36. The van der Waals surface area contributed by atoms with Crippen LogP contribution in [0, 0.1) is 0 Å². The number of hydrogen-bond donors (Lipinski definition) is 0. The smallest absolute Gasteiger partial charge is 0.319 e. The molecule has 214 valence electrons. The van der Waals surface area contributed by atoms with Crippen LogP contribution in [-0.4, -0.2) is 27.8 Å². The molecule has 0 fully saturated rings. The van der Waals surface area contributed by atoms with Crippen LogP contribution in [-0.2, 0) is 20.9 Å². The predicted octanol–water partition coefficient (Wildman–Crippen LogP) is 6.75. The second kappa shape index (κ2) is 10.6. The van der Waals surface area contributed by atoms with Gasteiger partial charge in [0.25, 0.3) is 10.0 Å². The molecule has 7 heteroatoms. The summed E-state index contributed by atoms with van der Waals surface area (Å²) in [5.74, 6) is 1.36. The maximum atomic E-state index is 14.2. The lowest BCUT2D eigenvalue weighted by Crippen LogP contribution is -2.66. The number of ether oxygens (including phenoxy) is 1. The molecule has 0 atom stereocenters. The van der Waals surface area contributed by atoms with Crippen molar-refractivity contribution in [2.24, 2.45) is 0 Å². The first-order valence-corrected chi connectivity index (χ1v) is 17.6. The fourth-order valence-electron chi connectivity index (χ4n) is 6.24. The van der Waals surface area contributed by atoms with Gasteiger partial charge < -0.3 is 9.16 Å². The zero-order valence-electron chi connectivity index (χ0n) is 24.4. The van der Waals surface area contributed by atoms with E-state index in [-0.39, 0.29) is 9.93 Å². The van der Waals surface area contributed by atoms with E-state index in [1.165, 1.54) is 14.3 Å². The topological polar surface area (TPSA) is 57.5 Å². The second-order valence-electron chi connectivity index (χ2n) is 11.7. The summed E-state index contributed by atoms with van der Waals surface area (Å²) in [7, 11) is -5.27. The zero-order chi connectivity index (χ0) is 29.5. The Balaban J connectivity index is 1.58. The Bertz CT molecular complexity index is 1830. The van der Waals surface area contributed by atoms with Crippen LogP contribution >= 0.6 is 0 Å². The number of para-hydroxylation sites is 1. The summed E-state index contributed by atoms with van der Waals surface area (Å²) in [5.41, 5.74) is 2.27. The monoisotopic (exact) mass is 593 g/mol. The Hall–Kier alpha value is -4.07. The number of allylic oxidation sites excluding steroid dienone is 1. The van der Waals surface area contributed by atoms with Gasteiger partial charge in [-0.1, -0.05) is 99.6 Å². The van der Waals surface area contributed by atoms with E-state index in [9.17, 15) is 8.42 Å². The van der Waals surface area contributed by atoms with Gasteiger partial charge >= 0.3 is 8.32 Å². The van der Waals surface area contributed by atoms with Crippen LogP contribution in [0.2, 0.25) is 5.04 Å². The fourth-order valence-corrected chi connectivity index (χ4v) is 12.3. The van der Waals surface area contributed by atoms with Crippen molar-refractivity contribution in [1.29, 1.82) is 0 Å². The third kappa shape index (κ3) is 4.48. The molecule has 42 heavy (non-hydrogen) atoms. The largest absolute Gasteiger partial charge is 0.534 e. The van der Waals surface area contributed by atoms with Crippen LogP contribution in [0.4, 0.5) is 0 Å². The van der Waals surface area contributed by atoms with E-state index in [1.54, 1.807) is 31.4 Å². The number of fused-ring (bicyclic) bond motifs is 3. The number of rotatable bonds is 7. The van der Waals surface area contributed by atoms with E-state index in [1.807, 2.05) is 36.4 Å². The maximum absolute atomic E-state index is 14.2. The summed E-state index contributed by atoms with van der Waals surface area (Å²) < 4.78 is 42.8. The van der Waals surface area contributed by atoms with Crippen molar-refractivity contribution in [1.82, 2.24) is 3.97 Å². The van der Waals surface area contributed by atoms with E-state index < -0.39 is 18.3 Å². The molecule has 1 aliphatic rings. The molecule has 0 saturated heterocycles. The van der Waals surface area contributed by atoms with E-state index >= 15 is 0 Å². The Morgan fingerprint density at radius 2 is 1.33 bits per heavy atom. The second-order valence-corrected chi connectivity index (χ2v) is 17.7. The lowest BCUT2D eigenvalue weighted by atomic mass is 10.0. The van der Waals surface area contributed by atoms with Gasteiger partial charge in [-0.3, -0.25) is 0 Å². The fraction of sp³-hybridized carbons (Fsp3) is 0.200. The SMILES string of the molecule is COc1ccc(S(=O)(=O)n2c3c(c4ccccc42)C(O[Si](c2ccccc2)(c2ccccc2)C(C)(C)C)=CCC3)cc1. The lowest BCUT2D eigenvalue weighted by Gasteiger charge is -2.44. The molecule has 0 spiro atoms. The highest BCUT2D eigenvalue weighted by Gasteiger charge is 2.53. The van der Waals surface area contributed by atoms with Crippen molar-refractivity contribution in [3.63, 3.8) is 0 Å². The molecule has 1 heterocycles. The van der Waals surface area contributed by atoms with Gasteiger partial charge in [-0.2, -0.15) is 0 Å². The minimum absolute atomic E-state index is 0.218. The molecule has 5 nitrogen and oxygen atoms in total. The Kier molecular flexibility index (Phi) is 7.11. The first kappa shape index (κ1) is 28.1. The van der Waals surface area contributed by atoms with E-state index in [4.69, 9.17) is 9.16 Å². The molecule has 0 unspecified atom stereocenters. The van der Waals surface area contributed by atoms with Crippen molar-refractivity contribution in [2.45, 2.75) is 43.5 Å². The molecule has 0 bridgehead atoms. The minimum atomic E-state index is -3.90. The van der Waals surface area contributed by atoms with Crippen molar-refractivity contribution >= 4 is 45.4 Å². The normalized spacial score (nSPS) is 13.9. The van der Waals surface area contributed by atoms with E-state index in [0.29, 0.717) is 24.1 Å². The number of methoxy groups -OCH3 is 1. The zero-order valence-corrected chi connectivity index (χ0v) is 26.2. The molecule has 0 radical (unpaired) electrons. The van der Waals surface area contributed by atoms with E-state index in [0.717, 1.165) is 22.4 Å². The highest BCUT2D eigenvalue weighted by atomic mass is 32.2. The van der Waals surface area contributed by atoms with Crippen LogP contribution in [0.15, 0.2) is 120 Å². The molecular weight excluding hydrogens is 559 g/mol. The number of nitrogens with zero attached hydrogens (tertiary/aromatic N) is 1. The summed E-state index contributed by atoms with van der Waals surface area (Å²) in [5, 5.41) is 2.98. The van der Waals surface area contributed by atoms with Crippen molar-refractivity contribution in [3.8, 4) is 5.75 Å². The molecule has 0 N–H and O–H groups in total. The first-order chi connectivity index (χ1) is 20.2. The van der Waals surface area contributed by atoms with Crippen LogP contribution in [0.5, 0.6) is 5.75 Å². The highest BCUT2D eigenvalue weighted by molar-refractivity contribution is 7.90. The van der Waals surface area contributed by atoms with Gasteiger partial charge in [0.2, 0.25) is 0 Å². The third-order valence-corrected chi connectivity index (χ3v) is 14.9. The number of hydrogen-bond acceptors (Lipinski definition) is 4. The summed E-state index contributed by atoms with van der Waals surface area (Å²) in [6, 6.07) is 35.4. The Morgan fingerprint density at radius 1 is 0.762 bits per heavy atom. The summed E-state index contributed by atoms with van der Waals surface area (Å²) in [6.45, 7) is 6.75. The maximum Gasteiger partial charge on any atom is 0.319 e. The van der Waals surface area contributed by atoms with E-state index in [2.05, 4.69) is 75.4 Å². The standard InChI is InChI=1S/C35H35NO4SSi/c1-35(2,3)42(28-14-7-5-8-15-28,29-16-9-6-10-17-29)40-33-21-13-20-32-34(33)30-18-11-12-19-31(30)36(32)41(37,38)27-24-22-26(39-4)23-25-27/h5-12,14-19,21-25H,13,20H2,1-4H3. The van der Waals surface area contributed by atoms with Crippen LogP contribution < -0.4 is 15.1 Å².